The maximum Gasteiger partial charge on any atom is 0.573 e. The van der Waals surface area contributed by atoms with Crippen molar-refractivity contribution in [2.75, 3.05) is 11.8 Å². The molecule has 1 unspecified atom stereocenters. The number of alkyl halides is 4. The van der Waals surface area contributed by atoms with E-state index in [4.69, 9.17) is 0 Å². The number of hydrogen-bond donors (Lipinski definition) is 2. The SMILES string of the molecule is CCC(CF)NN(O)c1ccc(-c2c(C#N)c3ccc(OC(F)(F)F)cc3n2C2CCCC2)nc1. The summed E-state index contributed by atoms with van der Waals surface area (Å²) in [6.07, 6.45) is 0.583. The minimum Gasteiger partial charge on any atom is -0.406 e. The van der Waals surface area contributed by atoms with Crippen LogP contribution in [0.3, 0.4) is 0 Å². The number of nitrogens with zero attached hydrogens (tertiary/aromatic N) is 4. The molecule has 1 saturated carbocycles. The van der Waals surface area contributed by atoms with Crippen molar-refractivity contribution in [1.29, 1.82) is 5.26 Å². The van der Waals surface area contributed by atoms with Gasteiger partial charge in [0.15, 0.2) is 0 Å². The lowest BCUT2D eigenvalue weighted by Gasteiger charge is -2.23. The maximum absolute atomic E-state index is 13.0. The largest absolute Gasteiger partial charge is 0.573 e. The number of anilines is 1. The van der Waals surface area contributed by atoms with E-state index in [9.17, 15) is 28.0 Å². The van der Waals surface area contributed by atoms with Crippen molar-refractivity contribution < 1.29 is 27.5 Å². The summed E-state index contributed by atoms with van der Waals surface area (Å²) in [4.78, 5) is 4.43. The molecule has 2 heterocycles. The van der Waals surface area contributed by atoms with Crippen LogP contribution in [-0.2, 0) is 0 Å². The molecule has 0 radical (unpaired) electrons. The first-order chi connectivity index (χ1) is 16.8. The van der Waals surface area contributed by atoms with E-state index in [0.717, 1.165) is 25.7 Å². The van der Waals surface area contributed by atoms with Crippen molar-refractivity contribution in [3.05, 3.63) is 42.1 Å². The summed E-state index contributed by atoms with van der Waals surface area (Å²) in [5.74, 6) is -0.360. The van der Waals surface area contributed by atoms with E-state index in [0.29, 0.717) is 39.4 Å². The fourth-order valence-corrected chi connectivity index (χ4v) is 4.53. The zero-order valence-corrected chi connectivity index (χ0v) is 19.0. The third-order valence-electron chi connectivity index (χ3n) is 6.23. The van der Waals surface area contributed by atoms with Gasteiger partial charge in [-0.2, -0.15) is 10.4 Å². The second-order valence-electron chi connectivity index (χ2n) is 8.47. The Bertz CT molecular complexity index is 1210. The molecule has 0 aliphatic heterocycles. The summed E-state index contributed by atoms with van der Waals surface area (Å²) in [5.41, 5.74) is 4.59. The molecule has 3 aromatic rings. The van der Waals surface area contributed by atoms with Crippen molar-refractivity contribution in [3.8, 4) is 23.2 Å². The molecule has 0 saturated heterocycles. The average molecular weight is 491 g/mol. The number of ether oxygens (including phenoxy) is 1. The van der Waals surface area contributed by atoms with Crippen LogP contribution in [-0.4, -0.2) is 33.8 Å². The second kappa shape index (κ2) is 10.1. The van der Waals surface area contributed by atoms with Gasteiger partial charge >= 0.3 is 6.36 Å². The van der Waals surface area contributed by atoms with Crippen LogP contribution in [0.25, 0.3) is 22.3 Å². The summed E-state index contributed by atoms with van der Waals surface area (Å²) < 4.78 is 57.5. The molecule has 0 bridgehead atoms. The number of pyridine rings is 1. The normalized spacial score (nSPS) is 15.3. The number of halogens is 4. The van der Waals surface area contributed by atoms with Crippen LogP contribution < -0.4 is 15.3 Å². The van der Waals surface area contributed by atoms with Crippen LogP contribution in [0.2, 0.25) is 0 Å². The highest BCUT2D eigenvalue weighted by Crippen LogP contribution is 2.42. The fraction of sp³-hybridized carbons (Fsp3) is 0.417. The monoisotopic (exact) mass is 491 g/mol. The number of nitrogens with one attached hydrogen (secondary N) is 1. The molecule has 35 heavy (non-hydrogen) atoms. The predicted molar refractivity (Wildman–Crippen MR) is 122 cm³/mol. The molecule has 1 aliphatic carbocycles. The van der Waals surface area contributed by atoms with Crippen LogP contribution in [0, 0.1) is 11.3 Å². The van der Waals surface area contributed by atoms with E-state index in [1.807, 2.05) is 4.57 Å². The lowest BCUT2D eigenvalue weighted by molar-refractivity contribution is -0.274. The number of benzene rings is 1. The first-order valence-electron chi connectivity index (χ1n) is 11.4. The number of fused-ring (bicyclic) bond motifs is 1. The third-order valence-corrected chi connectivity index (χ3v) is 6.23. The zero-order valence-electron chi connectivity index (χ0n) is 19.0. The highest BCUT2D eigenvalue weighted by Gasteiger charge is 2.32. The van der Waals surface area contributed by atoms with Gasteiger partial charge in [0.1, 0.15) is 24.2 Å². The third kappa shape index (κ3) is 5.18. The zero-order chi connectivity index (χ0) is 25.2. The van der Waals surface area contributed by atoms with E-state index >= 15 is 0 Å². The van der Waals surface area contributed by atoms with E-state index in [-0.39, 0.29) is 17.5 Å². The summed E-state index contributed by atoms with van der Waals surface area (Å²) in [6.45, 7) is 1.12. The standard InChI is InChI=1S/C24H25F4N5O2/c1-2-15(12-25)31-33(34)17-7-10-21(30-14-17)23-20(13-29)19-9-8-18(35-24(26,27)28)11-22(19)32(23)16-5-3-4-6-16/h7-11,14-16,31,34H,2-6,12H2,1H3. The molecule has 1 aliphatic rings. The first-order valence-corrected chi connectivity index (χ1v) is 11.4. The highest BCUT2D eigenvalue weighted by atomic mass is 19.4. The Morgan fingerprint density at radius 2 is 2.03 bits per heavy atom. The molecular weight excluding hydrogens is 466 g/mol. The molecule has 2 aromatic heterocycles. The van der Waals surface area contributed by atoms with Crippen molar-refractivity contribution >= 4 is 16.6 Å². The lowest BCUT2D eigenvalue weighted by Crippen LogP contribution is -2.43. The minimum atomic E-state index is -4.83. The van der Waals surface area contributed by atoms with Crippen LogP contribution >= 0.6 is 0 Å². The number of aromatic nitrogens is 2. The quantitative estimate of drug-likeness (QED) is 0.295. The van der Waals surface area contributed by atoms with Gasteiger partial charge in [-0.15, -0.1) is 13.2 Å². The van der Waals surface area contributed by atoms with Gasteiger partial charge in [0.25, 0.3) is 0 Å². The summed E-state index contributed by atoms with van der Waals surface area (Å²) in [6, 6.07) is 8.75. The Morgan fingerprint density at radius 1 is 1.29 bits per heavy atom. The van der Waals surface area contributed by atoms with Crippen LogP contribution in [0.15, 0.2) is 36.5 Å². The van der Waals surface area contributed by atoms with E-state index in [1.165, 1.54) is 24.4 Å². The second-order valence-corrected chi connectivity index (χ2v) is 8.47. The van der Waals surface area contributed by atoms with Gasteiger partial charge < -0.3 is 9.30 Å². The molecule has 4 rings (SSSR count). The van der Waals surface area contributed by atoms with Gasteiger partial charge in [0.05, 0.1) is 34.7 Å². The van der Waals surface area contributed by atoms with Gasteiger partial charge in [-0.3, -0.25) is 10.2 Å². The van der Waals surface area contributed by atoms with Gasteiger partial charge in [-0.1, -0.05) is 19.8 Å². The molecule has 0 spiro atoms. The summed E-state index contributed by atoms with van der Waals surface area (Å²) >= 11 is 0. The van der Waals surface area contributed by atoms with Gasteiger partial charge in [-0.05, 0) is 43.5 Å². The molecule has 1 aromatic carbocycles. The average Bonchev–Trinajstić information content (AvgIpc) is 3.47. The van der Waals surface area contributed by atoms with Crippen LogP contribution in [0.5, 0.6) is 5.75 Å². The molecular formula is C24H25F4N5O2. The van der Waals surface area contributed by atoms with E-state index in [2.05, 4.69) is 21.2 Å². The molecule has 2 N–H and O–H groups in total. The van der Waals surface area contributed by atoms with Crippen molar-refractivity contribution in [2.45, 2.75) is 57.5 Å². The smallest absolute Gasteiger partial charge is 0.406 e. The number of nitriles is 1. The number of rotatable bonds is 8. The van der Waals surface area contributed by atoms with Gasteiger partial charge in [-0.25, -0.2) is 9.82 Å². The molecule has 1 fully saturated rings. The maximum atomic E-state index is 13.0. The number of hydrogen-bond acceptors (Lipinski definition) is 6. The Morgan fingerprint density at radius 3 is 2.60 bits per heavy atom. The van der Waals surface area contributed by atoms with Crippen LogP contribution in [0.1, 0.15) is 50.6 Å². The van der Waals surface area contributed by atoms with Crippen molar-refractivity contribution in [1.82, 2.24) is 15.0 Å². The Hall–Kier alpha value is -3.36. The van der Waals surface area contributed by atoms with Crippen LogP contribution in [0.4, 0.5) is 23.2 Å². The topological polar surface area (TPSA) is 86.3 Å². The van der Waals surface area contributed by atoms with Gasteiger partial charge in [0.2, 0.25) is 0 Å². The molecule has 7 nitrogen and oxygen atoms in total. The van der Waals surface area contributed by atoms with Crippen molar-refractivity contribution in [2.24, 2.45) is 0 Å². The molecule has 186 valence electrons. The molecule has 1 atom stereocenters. The first kappa shape index (κ1) is 24.8. The Labute approximate surface area is 199 Å². The molecule has 0 amide bonds. The lowest BCUT2D eigenvalue weighted by atomic mass is 10.1. The Kier molecular flexibility index (Phi) is 7.14. The Balaban J connectivity index is 1.80. The predicted octanol–water partition coefficient (Wildman–Crippen LogP) is 6.04. The fourth-order valence-electron chi connectivity index (χ4n) is 4.53. The van der Waals surface area contributed by atoms with E-state index < -0.39 is 19.1 Å². The minimum absolute atomic E-state index is 0.0110. The highest BCUT2D eigenvalue weighted by molar-refractivity contribution is 5.95. The molecule has 11 heteroatoms. The summed E-state index contributed by atoms with van der Waals surface area (Å²) in [5, 5.41) is 21.4. The number of hydrazine groups is 1. The van der Waals surface area contributed by atoms with E-state index in [1.54, 1.807) is 19.1 Å². The van der Waals surface area contributed by atoms with Crippen molar-refractivity contribution in [3.63, 3.8) is 0 Å². The van der Waals surface area contributed by atoms with Gasteiger partial charge in [0, 0.05) is 17.5 Å². The summed E-state index contributed by atoms with van der Waals surface area (Å²) in [7, 11) is 0.